The highest BCUT2D eigenvalue weighted by Crippen LogP contribution is 2.24. The van der Waals surface area contributed by atoms with Gasteiger partial charge in [0, 0.05) is 19.2 Å². The number of benzene rings is 1. The SMILES string of the molecule is CCc1c(Cl)ncnc1N(C)Cc1cccc(C#N)c1. The van der Waals surface area contributed by atoms with E-state index in [4.69, 9.17) is 16.9 Å². The van der Waals surface area contributed by atoms with Crippen molar-refractivity contribution in [3.63, 3.8) is 0 Å². The molecule has 102 valence electrons. The molecular formula is C15H15ClN4. The summed E-state index contributed by atoms with van der Waals surface area (Å²) in [5, 5.41) is 9.43. The van der Waals surface area contributed by atoms with Gasteiger partial charge in [0.25, 0.3) is 0 Å². The van der Waals surface area contributed by atoms with Gasteiger partial charge in [-0.25, -0.2) is 9.97 Å². The van der Waals surface area contributed by atoms with Crippen molar-refractivity contribution in [1.29, 1.82) is 5.26 Å². The lowest BCUT2D eigenvalue weighted by molar-refractivity contribution is 0.870. The maximum atomic E-state index is 8.93. The normalized spacial score (nSPS) is 10.1. The van der Waals surface area contributed by atoms with Gasteiger partial charge in [0.15, 0.2) is 0 Å². The second-order valence-electron chi connectivity index (χ2n) is 4.49. The van der Waals surface area contributed by atoms with Gasteiger partial charge in [0.1, 0.15) is 17.3 Å². The summed E-state index contributed by atoms with van der Waals surface area (Å²) in [7, 11) is 1.96. The van der Waals surface area contributed by atoms with E-state index in [0.29, 0.717) is 17.3 Å². The number of halogens is 1. The van der Waals surface area contributed by atoms with Crippen LogP contribution < -0.4 is 4.90 Å². The van der Waals surface area contributed by atoms with Crippen LogP contribution >= 0.6 is 11.6 Å². The van der Waals surface area contributed by atoms with Gasteiger partial charge in [-0.3, -0.25) is 0 Å². The molecule has 1 aromatic heterocycles. The Morgan fingerprint density at radius 1 is 1.35 bits per heavy atom. The molecule has 0 aliphatic heterocycles. The van der Waals surface area contributed by atoms with Gasteiger partial charge < -0.3 is 4.90 Å². The van der Waals surface area contributed by atoms with Crippen molar-refractivity contribution in [1.82, 2.24) is 9.97 Å². The summed E-state index contributed by atoms with van der Waals surface area (Å²) in [6, 6.07) is 9.70. The molecule has 0 radical (unpaired) electrons. The fraction of sp³-hybridized carbons (Fsp3) is 0.267. The minimum atomic E-state index is 0.495. The standard InChI is InChI=1S/C15H15ClN4/c1-3-13-14(16)18-10-19-15(13)20(2)9-12-6-4-5-11(7-12)8-17/h4-7,10H,3,9H2,1-2H3. The van der Waals surface area contributed by atoms with Crippen molar-refractivity contribution in [2.45, 2.75) is 19.9 Å². The van der Waals surface area contributed by atoms with Crippen molar-refractivity contribution in [3.8, 4) is 6.07 Å². The molecule has 0 amide bonds. The first-order chi connectivity index (χ1) is 9.65. The highest BCUT2D eigenvalue weighted by molar-refractivity contribution is 6.30. The Hall–Kier alpha value is -2.12. The maximum Gasteiger partial charge on any atom is 0.137 e. The highest BCUT2D eigenvalue weighted by atomic mass is 35.5. The van der Waals surface area contributed by atoms with Gasteiger partial charge in [-0.15, -0.1) is 0 Å². The fourth-order valence-corrected chi connectivity index (χ4v) is 2.37. The molecule has 0 bridgehead atoms. The van der Waals surface area contributed by atoms with E-state index in [1.807, 2.05) is 37.1 Å². The van der Waals surface area contributed by atoms with Gasteiger partial charge in [0.05, 0.1) is 11.6 Å². The Morgan fingerprint density at radius 3 is 2.85 bits per heavy atom. The molecule has 4 nitrogen and oxygen atoms in total. The largest absolute Gasteiger partial charge is 0.355 e. The van der Waals surface area contributed by atoms with Gasteiger partial charge >= 0.3 is 0 Å². The minimum absolute atomic E-state index is 0.495. The van der Waals surface area contributed by atoms with Gasteiger partial charge in [-0.05, 0) is 24.1 Å². The highest BCUT2D eigenvalue weighted by Gasteiger charge is 2.12. The average molecular weight is 287 g/mol. The molecule has 0 saturated carbocycles. The summed E-state index contributed by atoms with van der Waals surface area (Å²) in [5.41, 5.74) is 2.66. The molecule has 5 heteroatoms. The van der Waals surface area contributed by atoms with Crippen LogP contribution in [0.2, 0.25) is 5.15 Å². The summed E-state index contributed by atoms with van der Waals surface area (Å²) < 4.78 is 0. The smallest absolute Gasteiger partial charge is 0.137 e. The second kappa shape index (κ2) is 6.36. The first-order valence-electron chi connectivity index (χ1n) is 6.35. The topological polar surface area (TPSA) is 52.8 Å². The van der Waals surface area contributed by atoms with Crippen LogP contribution in [0.1, 0.15) is 23.6 Å². The van der Waals surface area contributed by atoms with Crippen molar-refractivity contribution >= 4 is 17.4 Å². The Balaban J connectivity index is 2.26. The summed E-state index contributed by atoms with van der Waals surface area (Å²) in [6.07, 6.45) is 2.25. The van der Waals surface area contributed by atoms with Crippen molar-refractivity contribution in [2.75, 3.05) is 11.9 Å². The summed E-state index contributed by atoms with van der Waals surface area (Å²) in [6.45, 7) is 2.69. The number of rotatable bonds is 4. The molecule has 0 unspecified atom stereocenters. The number of nitrogens with zero attached hydrogens (tertiary/aromatic N) is 4. The van der Waals surface area contributed by atoms with Crippen LogP contribution in [-0.2, 0) is 13.0 Å². The lowest BCUT2D eigenvalue weighted by atomic mass is 10.1. The zero-order valence-corrected chi connectivity index (χ0v) is 12.2. The van der Waals surface area contributed by atoms with Crippen LogP contribution in [0, 0.1) is 11.3 Å². The summed E-state index contributed by atoms with van der Waals surface area (Å²) >= 11 is 6.10. The van der Waals surface area contributed by atoms with Gasteiger partial charge in [0.2, 0.25) is 0 Å². The molecule has 0 spiro atoms. The zero-order chi connectivity index (χ0) is 14.5. The van der Waals surface area contributed by atoms with Crippen molar-refractivity contribution < 1.29 is 0 Å². The predicted octanol–water partition coefficient (Wildman–Crippen LogP) is 3.20. The fourth-order valence-electron chi connectivity index (χ4n) is 2.10. The number of hydrogen-bond acceptors (Lipinski definition) is 4. The number of anilines is 1. The van der Waals surface area contributed by atoms with E-state index in [0.717, 1.165) is 23.4 Å². The molecule has 0 aliphatic rings. The van der Waals surface area contributed by atoms with E-state index in [1.54, 1.807) is 6.07 Å². The molecule has 2 rings (SSSR count). The monoisotopic (exact) mass is 286 g/mol. The van der Waals surface area contributed by atoms with Crippen LogP contribution in [0.5, 0.6) is 0 Å². The van der Waals surface area contributed by atoms with E-state index < -0.39 is 0 Å². The van der Waals surface area contributed by atoms with E-state index >= 15 is 0 Å². The third-order valence-electron chi connectivity index (χ3n) is 3.06. The molecule has 0 aliphatic carbocycles. The van der Waals surface area contributed by atoms with E-state index in [1.165, 1.54) is 6.33 Å². The Morgan fingerprint density at radius 2 is 2.15 bits per heavy atom. The number of aromatic nitrogens is 2. The van der Waals surface area contributed by atoms with Crippen LogP contribution in [0.4, 0.5) is 5.82 Å². The molecule has 1 heterocycles. The Bertz CT molecular complexity index is 649. The van der Waals surface area contributed by atoms with E-state index in [2.05, 4.69) is 16.0 Å². The van der Waals surface area contributed by atoms with Gasteiger partial charge in [-0.1, -0.05) is 30.7 Å². The molecular weight excluding hydrogens is 272 g/mol. The summed E-state index contributed by atoms with van der Waals surface area (Å²) in [4.78, 5) is 10.3. The molecule has 0 fully saturated rings. The average Bonchev–Trinajstić information content (AvgIpc) is 2.47. The van der Waals surface area contributed by atoms with Crippen molar-refractivity contribution in [2.24, 2.45) is 0 Å². The zero-order valence-electron chi connectivity index (χ0n) is 11.5. The first-order valence-corrected chi connectivity index (χ1v) is 6.73. The quantitative estimate of drug-likeness (QED) is 0.810. The van der Waals surface area contributed by atoms with Crippen molar-refractivity contribution in [3.05, 3.63) is 52.4 Å². The predicted molar refractivity (Wildman–Crippen MR) is 79.7 cm³/mol. The second-order valence-corrected chi connectivity index (χ2v) is 4.85. The number of hydrogen-bond donors (Lipinski definition) is 0. The minimum Gasteiger partial charge on any atom is -0.355 e. The lowest BCUT2D eigenvalue weighted by Crippen LogP contribution is -2.19. The van der Waals surface area contributed by atoms with Crippen LogP contribution in [0.15, 0.2) is 30.6 Å². The maximum absolute atomic E-state index is 8.93. The molecule has 2 aromatic rings. The lowest BCUT2D eigenvalue weighted by Gasteiger charge is -2.21. The van der Waals surface area contributed by atoms with Gasteiger partial charge in [-0.2, -0.15) is 5.26 Å². The van der Waals surface area contributed by atoms with E-state index in [-0.39, 0.29) is 0 Å². The Labute approximate surface area is 123 Å². The third-order valence-corrected chi connectivity index (χ3v) is 3.39. The molecule has 1 aromatic carbocycles. The molecule has 0 saturated heterocycles. The van der Waals surface area contributed by atoms with Crippen LogP contribution in [0.3, 0.4) is 0 Å². The molecule has 0 atom stereocenters. The van der Waals surface area contributed by atoms with Crippen LogP contribution in [-0.4, -0.2) is 17.0 Å². The van der Waals surface area contributed by atoms with E-state index in [9.17, 15) is 0 Å². The first kappa shape index (κ1) is 14.3. The third kappa shape index (κ3) is 3.06. The molecule has 0 N–H and O–H groups in total. The molecule has 20 heavy (non-hydrogen) atoms. The summed E-state index contributed by atoms with van der Waals surface area (Å²) in [5.74, 6) is 0.829. The Kier molecular flexibility index (Phi) is 4.54. The number of nitriles is 1. The van der Waals surface area contributed by atoms with Crippen LogP contribution in [0.25, 0.3) is 0 Å².